The number of rotatable bonds is 4. The topological polar surface area (TPSA) is 93.5 Å². The predicted molar refractivity (Wildman–Crippen MR) is 102 cm³/mol. The van der Waals surface area contributed by atoms with Crippen molar-refractivity contribution in [3.05, 3.63) is 23.3 Å². The SMILES string of the molecule is CC1=CC[C@H]2[C@](C)(CO)CCC[C@]2(C)[C@H]1C[C@@]12O[C@@H]1[C@H](O)C(CO)=C[C@H]2O. The van der Waals surface area contributed by atoms with Gasteiger partial charge in [-0.2, -0.15) is 0 Å². The molecule has 152 valence electrons. The third-order valence-corrected chi connectivity index (χ3v) is 8.50. The van der Waals surface area contributed by atoms with Crippen molar-refractivity contribution in [2.24, 2.45) is 22.7 Å². The number of aliphatic hydroxyl groups is 4. The van der Waals surface area contributed by atoms with E-state index in [0.29, 0.717) is 17.9 Å². The Balaban J connectivity index is 1.65. The molecule has 27 heavy (non-hydrogen) atoms. The first-order valence-corrected chi connectivity index (χ1v) is 10.3. The summed E-state index contributed by atoms with van der Waals surface area (Å²) in [5.74, 6) is 0.651. The molecule has 1 saturated heterocycles. The highest BCUT2D eigenvalue weighted by atomic mass is 16.6. The van der Waals surface area contributed by atoms with Crippen LogP contribution >= 0.6 is 0 Å². The molecule has 0 aromatic carbocycles. The quantitative estimate of drug-likeness (QED) is 0.443. The number of epoxide rings is 1. The Hall–Kier alpha value is -0.720. The molecule has 5 nitrogen and oxygen atoms in total. The number of fused-ring (bicyclic) bond motifs is 2. The molecule has 0 radical (unpaired) electrons. The molecule has 0 aromatic rings. The van der Waals surface area contributed by atoms with Crippen LogP contribution in [0.1, 0.15) is 52.9 Å². The molecule has 0 aromatic heterocycles. The summed E-state index contributed by atoms with van der Waals surface area (Å²) in [5.41, 5.74) is 1.00. The first-order chi connectivity index (χ1) is 12.7. The second-order valence-corrected chi connectivity index (χ2v) is 9.95. The Bertz CT molecular complexity index is 672. The van der Waals surface area contributed by atoms with E-state index in [-0.39, 0.29) is 30.0 Å². The zero-order valence-electron chi connectivity index (χ0n) is 16.7. The van der Waals surface area contributed by atoms with Crippen molar-refractivity contribution in [1.82, 2.24) is 0 Å². The van der Waals surface area contributed by atoms with Crippen LogP contribution in [-0.2, 0) is 4.74 Å². The lowest BCUT2D eigenvalue weighted by Gasteiger charge is -2.57. The van der Waals surface area contributed by atoms with Crippen LogP contribution in [0.3, 0.4) is 0 Å². The van der Waals surface area contributed by atoms with Gasteiger partial charge in [0, 0.05) is 6.61 Å². The third kappa shape index (κ3) is 2.70. The standard InChI is InChI=1S/C22H34O5/c1-13-5-6-16-20(2,12-24)7-4-8-21(16,3)15(13)10-22-17(25)9-14(11-23)18(26)19(22)27-22/h5,9,15-19,23-26H,4,6-8,10-12H2,1-3H3/t15-,16-,17+,18+,19+,20-,21+,22-/m0/s1. The Morgan fingerprint density at radius 1 is 1.19 bits per heavy atom. The molecule has 4 aliphatic rings. The van der Waals surface area contributed by atoms with Gasteiger partial charge < -0.3 is 25.2 Å². The van der Waals surface area contributed by atoms with Gasteiger partial charge in [-0.15, -0.1) is 0 Å². The van der Waals surface area contributed by atoms with Crippen LogP contribution in [0.25, 0.3) is 0 Å². The Kier molecular flexibility index (Phi) is 4.64. The average molecular weight is 379 g/mol. The lowest BCUT2D eigenvalue weighted by atomic mass is 9.47. The number of allylic oxidation sites excluding steroid dienone is 2. The number of aliphatic hydroxyl groups excluding tert-OH is 4. The van der Waals surface area contributed by atoms with Crippen molar-refractivity contribution in [3.8, 4) is 0 Å². The van der Waals surface area contributed by atoms with E-state index in [1.54, 1.807) is 6.08 Å². The predicted octanol–water partition coefficient (Wildman–Crippen LogP) is 1.94. The average Bonchev–Trinajstić information content (AvgIpc) is 3.38. The second-order valence-electron chi connectivity index (χ2n) is 9.95. The lowest BCUT2D eigenvalue weighted by molar-refractivity contribution is -0.0808. The summed E-state index contributed by atoms with van der Waals surface area (Å²) in [6.45, 7) is 6.68. The normalized spacial score (nSPS) is 51.7. The molecule has 0 bridgehead atoms. The Labute approximate surface area is 161 Å². The fourth-order valence-electron chi connectivity index (χ4n) is 6.70. The highest BCUT2D eigenvalue weighted by Gasteiger charge is 2.68. The summed E-state index contributed by atoms with van der Waals surface area (Å²) in [5, 5.41) is 40.7. The summed E-state index contributed by atoms with van der Waals surface area (Å²) in [6, 6.07) is 0. The fourth-order valence-corrected chi connectivity index (χ4v) is 6.70. The first kappa shape index (κ1) is 19.6. The van der Waals surface area contributed by atoms with Crippen molar-refractivity contribution < 1.29 is 25.2 Å². The molecule has 0 amide bonds. The van der Waals surface area contributed by atoms with Crippen molar-refractivity contribution in [2.75, 3.05) is 13.2 Å². The maximum atomic E-state index is 10.8. The summed E-state index contributed by atoms with van der Waals surface area (Å²) < 4.78 is 5.94. The van der Waals surface area contributed by atoms with Crippen LogP contribution in [0.5, 0.6) is 0 Å². The van der Waals surface area contributed by atoms with E-state index in [2.05, 4.69) is 26.8 Å². The highest BCUT2D eigenvalue weighted by Crippen LogP contribution is 2.63. The summed E-state index contributed by atoms with van der Waals surface area (Å²) in [6.07, 6.45) is 6.72. The van der Waals surface area contributed by atoms with Gasteiger partial charge in [0.1, 0.15) is 23.9 Å². The van der Waals surface area contributed by atoms with E-state index < -0.39 is 23.9 Å². The molecule has 0 unspecified atom stereocenters. The van der Waals surface area contributed by atoms with Gasteiger partial charge in [-0.25, -0.2) is 0 Å². The molecule has 1 aliphatic heterocycles. The first-order valence-electron chi connectivity index (χ1n) is 10.3. The molecule has 8 atom stereocenters. The maximum absolute atomic E-state index is 10.8. The third-order valence-electron chi connectivity index (χ3n) is 8.50. The molecule has 0 spiro atoms. The molecule has 5 heteroatoms. The van der Waals surface area contributed by atoms with Crippen LogP contribution in [0, 0.1) is 22.7 Å². The number of hydrogen-bond donors (Lipinski definition) is 4. The second kappa shape index (κ2) is 6.39. The monoisotopic (exact) mass is 378 g/mol. The van der Waals surface area contributed by atoms with Crippen LogP contribution < -0.4 is 0 Å². The van der Waals surface area contributed by atoms with E-state index in [0.717, 1.165) is 25.7 Å². The minimum atomic E-state index is -0.844. The molecular formula is C22H34O5. The molecular weight excluding hydrogens is 344 g/mol. The van der Waals surface area contributed by atoms with Gasteiger partial charge in [0.15, 0.2) is 0 Å². The number of ether oxygens (including phenoxy) is 1. The molecule has 2 fully saturated rings. The van der Waals surface area contributed by atoms with Crippen LogP contribution in [-0.4, -0.2) is 57.6 Å². The largest absolute Gasteiger partial charge is 0.396 e. The van der Waals surface area contributed by atoms with Gasteiger partial charge in [-0.3, -0.25) is 0 Å². The van der Waals surface area contributed by atoms with Crippen LogP contribution in [0.2, 0.25) is 0 Å². The molecule has 3 aliphatic carbocycles. The van der Waals surface area contributed by atoms with E-state index >= 15 is 0 Å². The Morgan fingerprint density at radius 2 is 1.93 bits per heavy atom. The smallest absolute Gasteiger partial charge is 0.128 e. The summed E-state index contributed by atoms with van der Waals surface area (Å²) in [4.78, 5) is 0. The van der Waals surface area contributed by atoms with Gasteiger partial charge in [-0.1, -0.05) is 31.9 Å². The maximum Gasteiger partial charge on any atom is 0.128 e. The number of hydrogen-bond acceptors (Lipinski definition) is 5. The van der Waals surface area contributed by atoms with Crippen molar-refractivity contribution in [3.63, 3.8) is 0 Å². The van der Waals surface area contributed by atoms with E-state index in [1.807, 2.05) is 0 Å². The van der Waals surface area contributed by atoms with Gasteiger partial charge in [-0.05, 0) is 66.9 Å². The molecule has 1 saturated carbocycles. The molecule has 4 rings (SSSR count). The fraction of sp³-hybridized carbons (Fsp3) is 0.818. The lowest BCUT2D eigenvalue weighted by Crippen LogP contribution is -2.53. The minimum Gasteiger partial charge on any atom is -0.396 e. The molecule has 1 heterocycles. The summed E-state index contributed by atoms with van der Waals surface area (Å²) >= 11 is 0. The highest BCUT2D eigenvalue weighted by molar-refractivity contribution is 5.33. The van der Waals surface area contributed by atoms with Gasteiger partial charge in [0.2, 0.25) is 0 Å². The van der Waals surface area contributed by atoms with E-state index in [1.165, 1.54) is 5.57 Å². The van der Waals surface area contributed by atoms with Gasteiger partial charge in [0.25, 0.3) is 0 Å². The van der Waals surface area contributed by atoms with Crippen molar-refractivity contribution in [1.29, 1.82) is 0 Å². The summed E-state index contributed by atoms with van der Waals surface area (Å²) in [7, 11) is 0. The van der Waals surface area contributed by atoms with Gasteiger partial charge in [0.05, 0.1) is 6.61 Å². The molecule has 4 N–H and O–H groups in total. The van der Waals surface area contributed by atoms with E-state index in [4.69, 9.17) is 4.74 Å². The van der Waals surface area contributed by atoms with Crippen LogP contribution in [0.15, 0.2) is 23.3 Å². The van der Waals surface area contributed by atoms with E-state index in [9.17, 15) is 20.4 Å². The zero-order chi connectivity index (χ0) is 19.6. The Morgan fingerprint density at radius 3 is 2.59 bits per heavy atom. The minimum absolute atomic E-state index is 0.0471. The van der Waals surface area contributed by atoms with Crippen LogP contribution in [0.4, 0.5) is 0 Å². The van der Waals surface area contributed by atoms with Gasteiger partial charge >= 0.3 is 0 Å². The zero-order valence-corrected chi connectivity index (χ0v) is 16.7. The van der Waals surface area contributed by atoms with Crippen molar-refractivity contribution in [2.45, 2.75) is 76.8 Å². The van der Waals surface area contributed by atoms with Crippen molar-refractivity contribution >= 4 is 0 Å².